The van der Waals surface area contributed by atoms with Crippen LogP contribution in [-0.2, 0) is 25.5 Å². The minimum Gasteiger partial charge on any atom is -0.452 e. The van der Waals surface area contributed by atoms with E-state index in [2.05, 4.69) is 10.3 Å². The molecule has 2 heterocycles. The average Bonchev–Trinajstić information content (AvgIpc) is 3.09. The number of carbonyl (C=O) groups is 3. The van der Waals surface area contributed by atoms with Crippen LogP contribution >= 0.6 is 11.6 Å². The van der Waals surface area contributed by atoms with E-state index in [4.69, 9.17) is 16.3 Å². The van der Waals surface area contributed by atoms with Gasteiger partial charge < -0.3 is 15.0 Å². The minimum absolute atomic E-state index is 0.0784. The molecule has 0 spiro atoms. The van der Waals surface area contributed by atoms with Gasteiger partial charge in [0.15, 0.2) is 6.10 Å². The maximum atomic E-state index is 12.4. The molecule has 1 aliphatic heterocycles. The van der Waals surface area contributed by atoms with Gasteiger partial charge in [0.2, 0.25) is 5.91 Å². The average molecular weight is 416 g/mol. The highest BCUT2D eigenvalue weighted by Crippen LogP contribution is 2.20. The lowest BCUT2D eigenvalue weighted by molar-refractivity contribution is -0.157. The monoisotopic (exact) mass is 415 g/mol. The van der Waals surface area contributed by atoms with Crippen molar-refractivity contribution in [1.29, 1.82) is 0 Å². The summed E-state index contributed by atoms with van der Waals surface area (Å²) in [6, 6.07) is 13.0. The van der Waals surface area contributed by atoms with E-state index in [-0.39, 0.29) is 12.3 Å². The molecule has 0 bridgehead atoms. The number of ether oxygens (including phenoxy) is 1. The van der Waals surface area contributed by atoms with E-state index in [9.17, 15) is 14.4 Å². The van der Waals surface area contributed by atoms with Gasteiger partial charge in [0.25, 0.3) is 5.91 Å². The summed E-state index contributed by atoms with van der Waals surface area (Å²) in [5, 5.41) is 3.01. The summed E-state index contributed by atoms with van der Waals surface area (Å²) in [7, 11) is 0. The fraction of sp³-hybridized carbons (Fsp3) is 0.333. The minimum atomic E-state index is -1.01. The number of hydrogen-bond acceptors (Lipinski definition) is 5. The SMILES string of the molecule is C[C@H](OC(=O)[C@@H]1CC(=O)N(CCc2ccccc2)C1)C(=O)Nc1ccc(Cl)cn1. The van der Waals surface area contributed by atoms with Gasteiger partial charge in [0.05, 0.1) is 10.9 Å². The van der Waals surface area contributed by atoms with Crippen molar-refractivity contribution in [3.63, 3.8) is 0 Å². The highest BCUT2D eigenvalue weighted by atomic mass is 35.5. The van der Waals surface area contributed by atoms with Crippen molar-refractivity contribution in [2.24, 2.45) is 5.92 Å². The first kappa shape index (κ1) is 20.8. The Bertz CT molecular complexity index is 873. The van der Waals surface area contributed by atoms with Crippen molar-refractivity contribution in [2.75, 3.05) is 18.4 Å². The first-order valence-corrected chi connectivity index (χ1v) is 9.75. The molecule has 1 N–H and O–H groups in total. The summed E-state index contributed by atoms with van der Waals surface area (Å²) in [5.41, 5.74) is 1.13. The Morgan fingerprint density at radius 3 is 2.72 bits per heavy atom. The van der Waals surface area contributed by atoms with Crippen LogP contribution in [0.1, 0.15) is 18.9 Å². The van der Waals surface area contributed by atoms with Gasteiger partial charge in [-0.3, -0.25) is 14.4 Å². The molecular formula is C21H22ClN3O4. The number of likely N-dealkylation sites (tertiary alicyclic amines) is 1. The van der Waals surface area contributed by atoms with Gasteiger partial charge in [0.1, 0.15) is 5.82 Å². The number of aromatic nitrogens is 1. The highest BCUT2D eigenvalue weighted by molar-refractivity contribution is 6.30. The molecule has 29 heavy (non-hydrogen) atoms. The number of carbonyl (C=O) groups excluding carboxylic acids is 3. The topological polar surface area (TPSA) is 88.6 Å². The predicted octanol–water partition coefficient (Wildman–Crippen LogP) is 2.70. The second-order valence-electron chi connectivity index (χ2n) is 6.91. The fourth-order valence-corrected chi connectivity index (χ4v) is 3.17. The van der Waals surface area contributed by atoms with Crippen LogP contribution in [0.5, 0.6) is 0 Å². The smallest absolute Gasteiger partial charge is 0.312 e. The number of pyridine rings is 1. The molecule has 1 fully saturated rings. The Morgan fingerprint density at radius 1 is 1.28 bits per heavy atom. The van der Waals surface area contributed by atoms with Crippen molar-refractivity contribution in [3.8, 4) is 0 Å². The molecule has 0 aliphatic carbocycles. The Balaban J connectivity index is 1.47. The Kier molecular flexibility index (Phi) is 6.82. The van der Waals surface area contributed by atoms with Crippen LogP contribution < -0.4 is 5.32 Å². The number of halogens is 1. The highest BCUT2D eigenvalue weighted by Gasteiger charge is 2.36. The molecule has 152 valence electrons. The standard InChI is InChI=1S/C21H22ClN3O4/c1-14(20(27)24-18-8-7-17(22)12-23-18)29-21(28)16-11-19(26)25(13-16)10-9-15-5-3-2-4-6-15/h2-8,12,14,16H,9-11,13H2,1H3,(H,23,24,27)/t14-,16+/m0/s1. The second kappa shape index (κ2) is 9.52. The Labute approximate surface area is 174 Å². The number of amides is 2. The quantitative estimate of drug-likeness (QED) is 0.702. The molecule has 2 amide bonds. The number of nitrogens with zero attached hydrogens (tertiary/aromatic N) is 2. The molecule has 1 aliphatic rings. The zero-order chi connectivity index (χ0) is 20.8. The van der Waals surface area contributed by atoms with E-state index in [0.717, 1.165) is 12.0 Å². The van der Waals surface area contributed by atoms with Crippen molar-refractivity contribution >= 4 is 35.2 Å². The molecule has 0 unspecified atom stereocenters. The van der Waals surface area contributed by atoms with Crippen LogP contribution in [0, 0.1) is 5.92 Å². The molecule has 1 aromatic carbocycles. The number of benzene rings is 1. The van der Waals surface area contributed by atoms with E-state index < -0.39 is 23.9 Å². The van der Waals surface area contributed by atoms with Crippen LogP contribution in [0.4, 0.5) is 5.82 Å². The molecule has 1 saturated heterocycles. The largest absolute Gasteiger partial charge is 0.452 e. The molecule has 2 aromatic rings. The van der Waals surface area contributed by atoms with E-state index in [1.54, 1.807) is 17.0 Å². The molecule has 2 atom stereocenters. The van der Waals surface area contributed by atoms with Gasteiger partial charge >= 0.3 is 5.97 Å². The summed E-state index contributed by atoms with van der Waals surface area (Å²) >= 11 is 5.76. The van der Waals surface area contributed by atoms with Crippen molar-refractivity contribution < 1.29 is 19.1 Å². The second-order valence-corrected chi connectivity index (χ2v) is 7.34. The zero-order valence-corrected chi connectivity index (χ0v) is 16.8. The van der Waals surface area contributed by atoms with Crippen LogP contribution in [-0.4, -0.2) is 46.9 Å². The zero-order valence-electron chi connectivity index (χ0n) is 16.0. The third-order valence-electron chi connectivity index (χ3n) is 4.70. The van der Waals surface area contributed by atoms with Gasteiger partial charge in [-0.1, -0.05) is 41.9 Å². The third-order valence-corrected chi connectivity index (χ3v) is 4.93. The number of rotatable bonds is 7. The van der Waals surface area contributed by atoms with Crippen LogP contribution in [0.25, 0.3) is 0 Å². The predicted molar refractivity (Wildman–Crippen MR) is 108 cm³/mol. The maximum Gasteiger partial charge on any atom is 0.312 e. The summed E-state index contributed by atoms with van der Waals surface area (Å²) in [4.78, 5) is 42.5. The lowest BCUT2D eigenvalue weighted by Crippen LogP contribution is -2.33. The molecule has 7 nitrogen and oxygen atoms in total. The molecule has 1 aromatic heterocycles. The van der Waals surface area contributed by atoms with Crippen molar-refractivity contribution in [1.82, 2.24) is 9.88 Å². The van der Waals surface area contributed by atoms with Gasteiger partial charge in [0, 0.05) is 25.7 Å². The lowest BCUT2D eigenvalue weighted by atomic mass is 10.1. The van der Waals surface area contributed by atoms with Crippen LogP contribution in [0.3, 0.4) is 0 Å². The van der Waals surface area contributed by atoms with E-state index in [0.29, 0.717) is 23.9 Å². The third kappa shape index (κ3) is 5.77. The molecular weight excluding hydrogens is 394 g/mol. The number of hydrogen-bond donors (Lipinski definition) is 1. The molecule has 0 radical (unpaired) electrons. The summed E-state index contributed by atoms with van der Waals surface area (Å²) in [6.07, 6.45) is 1.22. The maximum absolute atomic E-state index is 12.4. The molecule has 3 rings (SSSR count). The Morgan fingerprint density at radius 2 is 2.03 bits per heavy atom. The van der Waals surface area contributed by atoms with Gasteiger partial charge in [-0.15, -0.1) is 0 Å². The molecule has 8 heteroatoms. The summed E-state index contributed by atoms with van der Waals surface area (Å²) < 4.78 is 5.27. The summed E-state index contributed by atoms with van der Waals surface area (Å²) in [6.45, 7) is 2.33. The van der Waals surface area contributed by atoms with Gasteiger partial charge in [-0.2, -0.15) is 0 Å². The van der Waals surface area contributed by atoms with E-state index in [1.165, 1.54) is 13.1 Å². The van der Waals surface area contributed by atoms with Gasteiger partial charge in [-0.05, 0) is 31.0 Å². The lowest BCUT2D eigenvalue weighted by Gasteiger charge is -2.18. The van der Waals surface area contributed by atoms with E-state index in [1.807, 2.05) is 30.3 Å². The molecule has 0 saturated carbocycles. The number of anilines is 1. The van der Waals surface area contributed by atoms with Crippen molar-refractivity contribution in [3.05, 3.63) is 59.2 Å². The normalized spacial score (nSPS) is 17.1. The first-order valence-electron chi connectivity index (χ1n) is 9.37. The fourth-order valence-electron chi connectivity index (χ4n) is 3.06. The van der Waals surface area contributed by atoms with Crippen LogP contribution in [0.2, 0.25) is 5.02 Å². The van der Waals surface area contributed by atoms with Crippen molar-refractivity contribution in [2.45, 2.75) is 25.9 Å². The first-order chi connectivity index (χ1) is 13.9. The summed E-state index contributed by atoms with van der Waals surface area (Å²) in [5.74, 6) is -1.39. The van der Waals surface area contributed by atoms with Gasteiger partial charge in [-0.25, -0.2) is 4.98 Å². The number of esters is 1. The number of nitrogens with one attached hydrogen (secondary N) is 1. The van der Waals surface area contributed by atoms with E-state index >= 15 is 0 Å². The van der Waals surface area contributed by atoms with Crippen LogP contribution in [0.15, 0.2) is 48.7 Å². The Hall–Kier alpha value is -2.93.